The first-order valence-electron chi connectivity index (χ1n) is 4.21. The van der Waals surface area contributed by atoms with Crippen molar-refractivity contribution in [3.8, 4) is 0 Å². The Kier molecular flexibility index (Phi) is 3.36. The number of morpholine rings is 1. The van der Waals surface area contributed by atoms with E-state index in [-0.39, 0.29) is 5.97 Å². The lowest BCUT2D eigenvalue weighted by Gasteiger charge is -2.25. The number of esters is 1. The van der Waals surface area contributed by atoms with E-state index in [1.807, 2.05) is 0 Å². The summed E-state index contributed by atoms with van der Waals surface area (Å²) in [6, 6.07) is 0. The van der Waals surface area contributed by atoms with E-state index >= 15 is 0 Å². The van der Waals surface area contributed by atoms with Crippen LogP contribution in [0.1, 0.15) is 19.8 Å². The number of hydrogen-bond acceptors (Lipinski definition) is 3. The predicted octanol–water partition coefficient (Wildman–Crippen LogP) is 0.645. The van der Waals surface area contributed by atoms with Gasteiger partial charge in [-0.2, -0.15) is 0 Å². The molecule has 1 rings (SSSR count). The van der Waals surface area contributed by atoms with E-state index in [2.05, 4.69) is 11.8 Å². The highest BCUT2D eigenvalue weighted by Gasteiger charge is 2.16. The van der Waals surface area contributed by atoms with Crippen LogP contribution in [0.5, 0.6) is 0 Å². The van der Waals surface area contributed by atoms with Crippen LogP contribution in [0.3, 0.4) is 0 Å². The highest BCUT2D eigenvalue weighted by atomic mass is 16.5. The third-order valence-corrected chi connectivity index (χ3v) is 1.85. The van der Waals surface area contributed by atoms with Crippen molar-refractivity contribution in [2.45, 2.75) is 19.8 Å². The van der Waals surface area contributed by atoms with Crippen molar-refractivity contribution in [3.05, 3.63) is 0 Å². The summed E-state index contributed by atoms with van der Waals surface area (Å²) >= 11 is 0. The van der Waals surface area contributed by atoms with Crippen LogP contribution < -0.4 is 0 Å². The molecule has 1 fully saturated rings. The minimum atomic E-state index is -0.0765. The Bertz CT molecular complexity index is 136. The van der Waals surface area contributed by atoms with Gasteiger partial charge in [-0.3, -0.25) is 9.69 Å². The number of carbonyl (C=O) groups excluding carboxylic acids is 1. The van der Waals surface area contributed by atoms with Crippen molar-refractivity contribution in [1.29, 1.82) is 0 Å². The van der Waals surface area contributed by atoms with E-state index in [9.17, 15) is 4.79 Å². The van der Waals surface area contributed by atoms with Crippen LogP contribution in [0, 0.1) is 0 Å². The summed E-state index contributed by atoms with van der Waals surface area (Å²) in [4.78, 5) is 12.9. The molecule has 0 aromatic carbocycles. The van der Waals surface area contributed by atoms with Gasteiger partial charge in [-0.25, -0.2) is 0 Å². The van der Waals surface area contributed by atoms with Crippen LogP contribution in [-0.2, 0) is 9.53 Å². The van der Waals surface area contributed by atoms with Crippen molar-refractivity contribution in [2.24, 2.45) is 0 Å². The summed E-state index contributed by atoms with van der Waals surface area (Å²) in [6.45, 7) is 5.15. The third kappa shape index (κ3) is 2.89. The van der Waals surface area contributed by atoms with E-state index in [0.29, 0.717) is 13.2 Å². The lowest BCUT2D eigenvalue weighted by Crippen LogP contribution is -2.40. The molecular weight excluding hydrogens is 142 g/mol. The molecule has 1 saturated heterocycles. The molecular formula is C8H15NO2. The largest absolute Gasteiger partial charge is 0.463 e. The molecule has 1 aliphatic rings. The number of cyclic esters (lactones) is 1. The molecule has 11 heavy (non-hydrogen) atoms. The Balaban J connectivity index is 2.17. The van der Waals surface area contributed by atoms with Crippen LogP contribution in [0.2, 0.25) is 0 Å². The molecule has 3 nitrogen and oxygen atoms in total. The average Bonchev–Trinajstić information content (AvgIpc) is 2.01. The molecule has 0 bridgehead atoms. The monoisotopic (exact) mass is 157 g/mol. The van der Waals surface area contributed by atoms with E-state index < -0.39 is 0 Å². The molecule has 0 unspecified atom stereocenters. The molecule has 0 spiro atoms. The normalized spacial score (nSPS) is 19.9. The van der Waals surface area contributed by atoms with Gasteiger partial charge in [0.05, 0.1) is 6.54 Å². The molecule has 0 amide bonds. The van der Waals surface area contributed by atoms with Gasteiger partial charge in [0.1, 0.15) is 6.61 Å². The Hall–Kier alpha value is -0.570. The van der Waals surface area contributed by atoms with Crippen LogP contribution in [-0.4, -0.2) is 37.1 Å². The fourth-order valence-corrected chi connectivity index (χ4v) is 1.17. The Labute approximate surface area is 67.3 Å². The molecule has 64 valence electrons. The lowest BCUT2D eigenvalue weighted by molar-refractivity contribution is -0.150. The van der Waals surface area contributed by atoms with Gasteiger partial charge in [0, 0.05) is 6.54 Å². The second-order valence-corrected chi connectivity index (χ2v) is 2.85. The molecule has 0 saturated carbocycles. The summed E-state index contributed by atoms with van der Waals surface area (Å²) < 4.78 is 4.81. The van der Waals surface area contributed by atoms with Gasteiger partial charge < -0.3 is 4.74 Å². The molecule has 1 heterocycles. The van der Waals surface area contributed by atoms with E-state index in [0.717, 1.165) is 13.1 Å². The van der Waals surface area contributed by atoms with Crippen molar-refractivity contribution in [3.63, 3.8) is 0 Å². The molecule has 0 aromatic rings. The lowest BCUT2D eigenvalue weighted by atomic mass is 10.3. The van der Waals surface area contributed by atoms with Gasteiger partial charge in [0.2, 0.25) is 0 Å². The topological polar surface area (TPSA) is 29.5 Å². The summed E-state index contributed by atoms with van der Waals surface area (Å²) in [5, 5.41) is 0. The fraction of sp³-hybridized carbons (Fsp3) is 0.875. The molecule has 0 aromatic heterocycles. The SMILES string of the molecule is CCCCN1CCOC(=O)C1. The first-order valence-corrected chi connectivity index (χ1v) is 4.21. The quantitative estimate of drug-likeness (QED) is 0.563. The van der Waals surface area contributed by atoms with E-state index in [1.54, 1.807) is 0 Å². The maximum atomic E-state index is 10.8. The Morgan fingerprint density at radius 2 is 2.45 bits per heavy atom. The van der Waals surface area contributed by atoms with E-state index in [4.69, 9.17) is 4.74 Å². The zero-order valence-corrected chi connectivity index (χ0v) is 7.01. The number of nitrogens with zero attached hydrogens (tertiary/aromatic N) is 1. The maximum absolute atomic E-state index is 10.8. The summed E-state index contributed by atoms with van der Waals surface area (Å²) in [5.74, 6) is -0.0765. The fourth-order valence-electron chi connectivity index (χ4n) is 1.17. The standard InChI is InChI=1S/C8H15NO2/c1-2-3-4-9-5-6-11-8(10)7-9/h2-7H2,1H3. The van der Waals surface area contributed by atoms with Gasteiger partial charge in [-0.15, -0.1) is 0 Å². The van der Waals surface area contributed by atoms with Crippen molar-refractivity contribution in [1.82, 2.24) is 4.90 Å². The minimum Gasteiger partial charge on any atom is -0.463 e. The average molecular weight is 157 g/mol. The summed E-state index contributed by atoms with van der Waals surface area (Å²) in [5.41, 5.74) is 0. The van der Waals surface area contributed by atoms with Crippen molar-refractivity contribution in [2.75, 3.05) is 26.2 Å². The van der Waals surface area contributed by atoms with Gasteiger partial charge in [-0.1, -0.05) is 13.3 Å². The maximum Gasteiger partial charge on any atom is 0.320 e. The highest BCUT2D eigenvalue weighted by molar-refractivity contribution is 5.72. The molecule has 0 aliphatic carbocycles. The van der Waals surface area contributed by atoms with Gasteiger partial charge in [0.15, 0.2) is 0 Å². The van der Waals surface area contributed by atoms with Gasteiger partial charge in [0.25, 0.3) is 0 Å². The molecule has 0 atom stereocenters. The number of unbranched alkanes of at least 4 members (excludes halogenated alkanes) is 1. The van der Waals surface area contributed by atoms with Crippen molar-refractivity contribution >= 4 is 5.97 Å². The second-order valence-electron chi connectivity index (χ2n) is 2.85. The molecule has 0 radical (unpaired) electrons. The van der Waals surface area contributed by atoms with Crippen LogP contribution in [0.25, 0.3) is 0 Å². The summed E-state index contributed by atoms with van der Waals surface area (Å²) in [6.07, 6.45) is 2.36. The number of ether oxygens (including phenoxy) is 1. The van der Waals surface area contributed by atoms with Crippen molar-refractivity contribution < 1.29 is 9.53 Å². The predicted molar refractivity (Wildman–Crippen MR) is 42.3 cm³/mol. The first-order chi connectivity index (χ1) is 5.33. The number of hydrogen-bond donors (Lipinski definition) is 0. The first kappa shape index (κ1) is 8.53. The summed E-state index contributed by atoms with van der Waals surface area (Å²) in [7, 11) is 0. The minimum absolute atomic E-state index is 0.0765. The molecule has 1 aliphatic heterocycles. The van der Waals surface area contributed by atoms with Crippen LogP contribution in [0.15, 0.2) is 0 Å². The van der Waals surface area contributed by atoms with Crippen LogP contribution >= 0.6 is 0 Å². The zero-order valence-electron chi connectivity index (χ0n) is 7.01. The number of carbonyl (C=O) groups is 1. The Morgan fingerprint density at radius 1 is 1.64 bits per heavy atom. The van der Waals surface area contributed by atoms with Crippen LogP contribution in [0.4, 0.5) is 0 Å². The molecule has 0 N–H and O–H groups in total. The molecule has 3 heteroatoms. The highest BCUT2D eigenvalue weighted by Crippen LogP contribution is 2.00. The third-order valence-electron chi connectivity index (χ3n) is 1.85. The zero-order chi connectivity index (χ0) is 8.10. The Morgan fingerprint density at radius 3 is 3.09 bits per heavy atom. The van der Waals surface area contributed by atoms with Gasteiger partial charge in [-0.05, 0) is 13.0 Å². The second kappa shape index (κ2) is 4.34. The van der Waals surface area contributed by atoms with Gasteiger partial charge >= 0.3 is 5.97 Å². The number of rotatable bonds is 3. The smallest absolute Gasteiger partial charge is 0.320 e. The van der Waals surface area contributed by atoms with E-state index in [1.165, 1.54) is 12.8 Å².